The maximum Gasteiger partial charge on any atom is 0.294 e. The number of hydrogen-bond acceptors (Lipinski definition) is 6. The molecule has 0 fully saturated rings. The Morgan fingerprint density at radius 3 is 2.67 bits per heavy atom. The molecule has 0 bridgehead atoms. The highest BCUT2D eigenvalue weighted by atomic mass is 16.6. The van der Waals surface area contributed by atoms with E-state index in [-0.39, 0.29) is 16.9 Å². The number of anilines is 2. The summed E-state index contributed by atoms with van der Waals surface area (Å²) in [4.78, 5) is 26.6. The fraction of sp³-hybridized carbons (Fsp3) is 0.0769. The Labute approximate surface area is 120 Å². The summed E-state index contributed by atoms with van der Waals surface area (Å²) in [5, 5.41) is 13.5. The van der Waals surface area contributed by atoms with Crippen LogP contribution in [0.1, 0.15) is 16.1 Å². The van der Waals surface area contributed by atoms with Crippen molar-refractivity contribution in [3.63, 3.8) is 0 Å². The van der Waals surface area contributed by atoms with Gasteiger partial charge in [-0.3, -0.25) is 25.7 Å². The second-order valence-corrected chi connectivity index (χ2v) is 4.24. The van der Waals surface area contributed by atoms with Gasteiger partial charge in [0.1, 0.15) is 5.69 Å². The first-order chi connectivity index (χ1) is 10.0. The monoisotopic (exact) mass is 287 g/mol. The highest BCUT2D eigenvalue weighted by Crippen LogP contribution is 2.27. The minimum absolute atomic E-state index is 0.0416. The first-order valence-electron chi connectivity index (χ1n) is 6.01. The number of carbonyl (C=O) groups is 1. The molecule has 1 aromatic heterocycles. The SMILES string of the molecule is Cc1ccc(NC(=O)c2cccc([N+](=O)[O-])c2NN)cn1. The molecule has 0 unspecified atom stereocenters. The number of nitrogens with one attached hydrogen (secondary N) is 2. The Balaban J connectivity index is 2.33. The van der Waals surface area contributed by atoms with E-state index >= 15 is 0 Å². The van der Waals surface area contributed by atoms with Gasteiger partial charge < -0.3 is 10.7 Å². The second kappa shape index (κ2) is 5.97. The molecule has 0 saturated carbocycles. The zero-order valence-electron chi connectivity index (χ0n) is 11.2. The van der Waals surface area contributed by atoms with Gasteiger partial charge in [-0.2, -0.15) is 0 Å². The lowest BCUT2D eigenvalue weighted by molar-refractivity contribution is -0.384. The summed E-state index contributed by atoms with van der Waals surface area (Å²) in [6.07, 6.45) is 1.50. The fourth-order valence-corrected chi connectivity index (χ4v) is 1.77. The number of para-hydroxylation sites is 1. The van der Waals surface area contributed by atoms with Gasteiger partial charge in [0.2, 0.25) is 0 Å². The van der Waals surface area contributed by atoms with Gasteiger partial charge in [0.05, 0.1) is 22.4 Å². The number of hydrogen-bond donors (Lipinski definition) is 3. The molecule has 1 aromatic carbocycles. The number of nitrogens with zero attached hydrogens (tertiary/aromatic N) is 2. The lowest BCUT2D eigenvalue weighted by atomic mass is 10.1. The number of pyridine rings is 1. The predicted molar refractivity (Wildman–Crippen MR) is 77.8 cm³/mol. The highest BCUT2D eigenvalue weighted by molar-refractivity contribution is 6.09. The van der Waals surface area contributed by atoms with E-state index in [2.05, 4.69) is 15.7 Å². The van der Waals surface area contributed by atoms with Crippen molar-refractivity contribution in [1.29, 1.82) is 0 Å². The Bertz CT molecular complexity index is 685. The number of hydrazine groups is 1. The summed E-state index contributed by atoms with van der Waals surface area (Å²) in [7, 11) is 0. The standard InChI is InChI=1S/C13H13N5O3/c1-8-5-6-9(7-15-8)16-13(19)10-3-2-4-11(18(20)21)12(10)17-14/h2-7,17H,14H2,1H3,(H,16,19). The highest BCUT2D eigenvalue weighted by Gasteiger charge is 2.20. The Morgan fingerprint density at radius 2 is 2.10 bits per heavy atom. The van der Waals surface area contributed by atoms with Gasteiger partial charge in [-0.05, 0) is 25.1 Å². The second-order valence-electron chi connectivity index (χ2n) is 4.24. The molecule has 4 N–H and O–H groups in total. The number of benzene rings is 1. The van der Waals surface area contributed by atoms with Gasteiger partial charge >= 0.3 is 0 Å². The van der Waals surface area contributed by atoms with Crippen LogP contribution >= 0.6 is 0 Å². The van der Waals surface area contributed by atoms with E-state index in [1.807, 2.05) is 6.92 Å². The molecule has 0 atom stereocenters. The molecule has 8 heteroatoms. The van der Waals surface area contributed by atoms with Crippen molar-refractivity contribution in [1.82, 2.24) is 4.98 Å². The molecule has 1 amide bonds. The normalized spacial score (nSPS) is 10.0. The van der Waals surface area contributed by atoms with Crippen molar-refractivity contribution in [2.75, 3.05) is 10.7 Å². The molecule has 0 spiro atoms. The van der Waals surface area contributed by atoms with Crippen molar-refractivity contribution in [2.45, 2.75) is 6.92 Å². The number of amides is 1. The van der Waals surface area contributed by atoms with Crippen LogP contribution in [-0.2, 0) is 0 Å². The first-order valence-corrected chi connectivity index (χ1v) is 6.01. The molecule has 1 heterocycles. The number of aromatic nitrogens is 1. The Morgan fingerprint density at radius 1 is 1.33 bits per heavy atom. The number of nitrogens with two attached hydrogens (primary N) is 1. The van der Waals surface area contributed by atoms with Crippen molar-refractivity contribution in [3.8, 4) is 0 Å². The van der Waals surface area contributed by atoms with Crippen LogP contribution in [0.25, 0.3) is 0 Å². The third-order valence-electron chi connectivity index (χ3n) is 2.80. The Kier molecular flexibility index (Phi) is 4.10. The number of nitro benzene ring substituents is 1. The molecule has 2 aromatic rings. The van der Waals surface area contributed by atoms with Gasteiger partial charge in [-0.15, -0.1) is 0 Å². The average Bonchev–Trinajstić information content (AvgIpc) is 2.48. The van der Waals surface area contributed by atoms with Crippen LogP contribution in [0.15, 0.2) is 36.5 Å². The summed E-state index contributed by atoms with van der Waals surface area (Å²) in [5.74, 6) is 4.78. The van der Waals surface area contributed by atoms with Crippen molar-refractivity contribution < 1.29 is 9.72 Å². The third kappa shape index (κ3) is 3.12. The molecule has 21 heavy (non-hydrogen) atoms. The van der Waals surface area contributed by atoms with E-state index in [4.69, 9.17) is 5.84 Å². The summed E-state index contributed by atoms with van der Waals surface area (Å²) in [6, 6.07) is 7.55. The maximum absolute atomic E-state index is 12.2. The first kappa shape index (κ1) is 14.4. The summed E-state index contributed by atoms with van der Waals surface area (Å²) >= 11 is 0. The lowest BCUT2D eigenvalue weighted by Gasteiger charge is -2.09. The predicted octanol–water partition coefficient (Wildman–Crippen LogP) is 1.84. The number of rotatable bonds is 4. The van der Waals surface area contributed by atoms with E-state index < -0.39 is 10.8 Å². The molecule has 0 saturated heterocycles. The van der Waals surface area contributed by atoms with E-state index in [0.29, 0.717) is 5.69 Å². The van der Waals surface area contributed by atoms with Crippen molar-refractivity contribution >= 4 is 23.0 Å². The van der Waals surface area contributed by atoms with Crippen molar-refractivity contribution in [2.24, 2.45) is 5.84 Å². The van der Waals surface area contributed by atoms with Gasteiger partial charge in [-0.25, -0.2) is 0 Å². The van der Waals surface area contributed by atoms with E-state index in [9.17, 15) is 14.9 Å². The molecule has 0 radical (unpaired) electrons. The van der Waals surface area contributed by atoms with Gasteiger partial charge in [-0.1, -0.05) is 6.07 Å². The van der Waals surface area contributed by atoms with Gasteiger partial charge in [0, 0.05) is 11.8 Å². The van der Waals surface area contributed by atoms with Crippen LogP contribution in [0.2, 0.25) is 0 Å². The van der Waals surface area contributed by atoms with Crippen LogP contribution in [0.5, 0.6) is 0 Å². The zero-order chi connectivity index (χ0) is 15.4. The fourth-order valence-electron chi connectivity index (χ4n) is 1.77. The van der Waals surface area contributed by atoms with E-state index in [0.717, 1.165) is 5.69 Å². The average molecular weight is 287 g/mol. The summed E-state index contributed by atoms with van der Waals surface area (Å²) < 4.78 is 0. The minimum Gasteiger partial charge on any atom is -0.321 e. The minimum atomic E-state index is -0.612. The van der Waals surface area contributed by atoms with Crippen LogP contribution in [0.3, 0.4) is 0 Å². The zero-order valence-corrected chi connectivity index (χ0v) is 11.2. The van der Waals surface area contributed by atoms with Crippen LogP contribution in [0, 0.1) is 17.0 Å². The molecular formula is C13H13N5O3. The van der Waals surface area contributed by atoms with Crippen LogP contribution < -0.4 is 16.6 Å². The molecule has 2 rings (SSSR count). The molecule has 8 nitrogen and oxygen atoms in total. The van der Waals surface area contributed by atoms with Crippen molar-refractivity contribution in [3.05, 3.63) is 57.9 Å². The summed E-state index contributed by atoms with van der Waals surface area (Å²) in [5.41, 5.74) is 3.27. The van der Waals surface area contributed by atoms with Crippen LogP contribution in [-0.4, -0.2) is 15.8 Å². The summed E-state index contributed by atoms with van der Waals surface area (Å²) in [6.45, 7) is 1.82. The topological polar surface area (TPSA) is 123 Å². The molecular weight excluding hydrogens is 274 g/mol. The van der Waals surface area contributed by atoms with Gasteiger partial charge in [0.15, 0.2) is 0 Å². The number of aryl methyl sites for hydroxylation is 1. The van der Waals surface area contributed by atoms with E-state index in [1.54, 1.807) is 12.1 Å². The van der Waals surface area contributed by atoms with E-state index in [1.165, 1.54) is 24.4 Å². The molecule has 108 valence electrons. The number of nitrogen functional groups attached to an aromatic ring is 1. The maximum atomic E-state index is 12.2. The third-order valence-corrected chi connectivity index (χ3v) is 2.80. The largest absolute Gasteiger partial charge is 0.321 e. The Hall–Kier alpha value is -3.00. The lowest BCUT2D eigenvalue weighted by Crippen LogP contribution is -2.18. The number of nitro groups is 1. The van der Waals surface area contributed by atoms with Crippen LogP contribution in [0.4, 0.5) is 17.1 Å². The molecule has 0 aliphatic rings. The quantitative estimate of drug-likeness (QED) is 0.448. The number of carbonyl (C=O) groups excluding carboxylic acids is 1. The smallest absolute Gasteiger partial charge is 0.294 e. The van der Waals surface area contributed by atoms with Gasteiger partial charge in [0.25, 0.3) is 11.6 Å². The molecule has 0 aliphatic heterocycles. The molecule has 0 aliphatic carbocycles.